The van der Waals surface area contributed by atoms with Crippen molar-refractivity contribution >= 4 is 17.9 Å². The number of ether oxygens (including phenoxy) is 2. The zero-order valence-corrected chi connectivity index (χ0v) is 16.3. The van der Waals surface area contributed by atoms with Crippen LogP contribution in [0.15, 0.2) is 77.7 Å². The zero-order valence-electron chi connectivity index (χ0n) is 16.3. The number of aromatic nitrogens is 2. The fraction of sp³-hybridized carbons (Fsp3) is 0.174. The lowest BCUT2D eigenvalue weighted by Crippen LogP contribution is -2.07. The highest BCUT2D eigenvalue weighted by molar-refractivity contribution is 6.12. The minimum absolute atomic E-state index is 0.0971. The molecule has 0 saturated carbocycles. The van der Waals surface area contributed by atoms with Gasteiger partial charge < -0.3 is 9.47 Å². The summed E-state index contributed by atoms with van der Waals surface area (Å²) in [5.41, 5.74) is 2.92. The van der Waals surface area contributed by atoms with Gasteiger partial charge in [-0.05, 0) is 49.8 Å². The van der Waals surface area contributed by atoms with Gasteiger partial charge in [0.1, 0.15) is 5.75 Å². The number of benzene rings is 2. The number of hydrogen-bond donors (Lipinski definition) is 0. The van der Waals surface area contributed by atoms with Gasteiger partial charge >= 0.3 is 5.97 Å². The van der Waals surface area contributed by atoms with Gasteiger partial charge in [0, 0.05) is 17.3 Å². The van der Waals surface area contributed by atoms with E-state index in [4.69, 9.17) is 9.47 Å². The molecule has 6 heteroatoms. The monoisotopic (exact) mass is 387 g/mol. The Kier molecular flexibility index (Phi) is 5.24. The fourth-order valence-electron chi connectivity index (χ4n) is 2.95. The van der Waals surface area contributed by atoms with E-state index in [1.165, 1.54) is 0 Å². The molecule has 6 nitrogen and oxygen atoms in total. The van der Waals surface area contributed by atoms with Crippen molar-refractivity contribution in [2.24, 2.45) is 4.99 Å². The smallest absolute Gasteiger partial charge is 0.363 e. The van der Waals surface area contributed by atoms with Crippen LogP contribution in [0.5, 0.6) is 5.75 Å². The minimum atomic E-state index is -0.474. The van der Waals surface area contributed by atoms with Gasteiger partial charge in [-0.1, -0.05) is 30.3 Å². The van der Waals surface area contributed by atoms with Crippen LogP contribution >= 0.6 is 0 Å². The summed E-state index contributed by atoms with van der Waals surface area (Å²) in [5, 5.41) is 4.35. The first-order valence-corrected chi connectivity index (χ1v) is 9.43. The number of esters is 1. The molecule has 1 aliphatic rings. The van der Waals surface area contributed by atoms with Crippen LogP contribution in [-0.4, -0.2) is 27.8 Å². The molecule has 0 bridgehead atoms. The van der Waals surface area contributed by atoms with E-state index in [9.17, 15) is 4.79 Å². The van der Waals surface area contributed by atoms with Crippen molar-refractivity contribution in [1.29, 1.82) is 0 Å². The maximum Gasteiger partial charge on any atom is 0.363 e. The van der Waals surface area contributed by atoms with Gasteiger partial charge in [-0.15, -0.1) is 0 Å². The van der Waals surface area contributed by atoms with E-state index in [2.05, 4.69) is 10.1 Å². The summed E-state index contributed by atoms with van der Waals surface area (Å²) >= 11 is 0. The summed E-state index contributed by atoms with van der Waals surface area (Å²) < 4.78 is 12.8. The second kappa shape index (κ2) is 8.14. The number of carbonyl (C=O) groups excluding carboxylic acids is 1. The van der Waals surface area contributed by atoms with Crippen LogP contribution in [0.25, 0.3) is 6.08 Å². The molecule has 0 aliphatic carbocycles. The van der Waals surface area contributed by atoms with Gasteiger partial charge in [-0.25, -0.2) is 9.79 Å². The van der Waals surface area contributed by atoms with Crippen molar-refractivity contribution in [3.63, 3.8) is 0 Å². The van der Waals surface area contributed by atoms with Gasteiger partial charge in [0.15, 0.2) is 5.70 Å². The number of nitrogens with zero attached hydrogens (tertiary/aromatic N) is 3. The van der Waals surface area contributed by atoms with Crippen molar-refractivity contribution in [3.05, 3.63) is 89.4 Å². The molecule has 0 N–H and O–H groups in total. The van der Waals surface area contributed by atoms with Crippen LogP contribution < -0.4 is 4.74 Å². The third kappa shape index (κ3) is 4.60. The number of rotatable bonds is 6. The predicted octanol–water partition coefficient (Wildman–Crippen LogP) is 4.06. The molecule has 0 amide bonds. The van der Waals surface area contributed by atoms with E-state index >= 15 is 0 Å². The van der Waals surface area contributed by atoms with Crippen LogP contribution in [0.3, 0.4) is 0 Å². The molecule has 2 heterocycles. The third-order valence-corrected chi connectivity index (χ3v) is 4.24. The number of hydrogen-bond acceptors (Lipinski definition) is 5. The molecule has 29 heavy (non-hydrogen) atoms. The quantitative estimate of drug-likeness (QED) is 0.473. The van der Waals surface area contributed by atoms with Gasteiger partial charge in [0.2, 0.25) is 5.90 Å². The Morgan fingerprint density at radius 2 is 1.86 bits per heavy atom. The first-order chi connectivity index (χ1) is 14.1. The van der Waals surface area contributed by atoms with Crippen molar-refractivity contribution in [2.75, 3.05) is 0 Å². The molecule has 1 aromatic heterocycles. The van der Waals surface area contributed by atoms with Crippen molar-refractivity contribution in [1.82, 2.24) is 9.78 Å². The van der Waals surface area contributed by atoms with E-state index in [0.29, 0.717) is 6.54 Å². The summed E-state index contributed by atoms with van der Waals surface area (Å²) in [5.74, 6) is 0.572. The van der Waals surface area contributed by atoms with Gasteiger partial charge in [0.25, 0.3) is 0 Å². The van der Waals surface area contributed by atoms with Crippen LogP contribution in [0, 0.1) is 0 Å². The molecule has 0 saturated heterocycles. The van der Waals surface area contributed by atoms with Gasteiger partial charge in [0.05, 0.1) is 18.8 Å². The Morgan fingerprint density at radius 3 is 2.59 bits per heavy atom. The molecule has 0 radical (unpaired) electrons. The van der Waals surface area contributed by atoms with E-state index in [-0.39, 0.29) is 17.7 Å². The standard InChI is InChI=1S/C23H21N3O3/c1-16(2)28-20-10-8-19(9-11-20)22-25-21(23(27)29-22)12-18-13-24-26(15-18)14-17-6-4-3-5-7-17/h3-13,15-16H,14H2,1-2H3/b21-12-. The van der Waals surface area contributed by atoms with Crippen LogP contribution in [-0.2, 0) is 16.1 Å². The highest BCUT2D eigenvalue weighted by Gasteiger charge is 2.24. The topological polar surface area (TPSA) is 65.7 Å². The summed E-state index contributed by atoms with van der Waals surface area (Å²) in [6.07, 6.45) is 5.35. The van der Waals surface area contributed by atoms with Crippen molar-refractivity contribution in [3.8, 4) is 5.75 Å². The third-order valence-electron chi connectivity index (χ3n) is 4.24. The molecule has 1 aliphatic heterocycles. The Labute approximate surface area is 169 Å². The van der Waals surface area contributed by atoms with E-state index in [1.54, 1.807) is 12.3 Å². The molecule has 4 rings (SSSR count). The van der Waals surface area contributed by atoms with Crippen molar-refractivity contribution in [2.45, 2.75) is 26.5 Å². The first kappa shape index (κ1) is 18.7. The molecule has 0 unspecified atom stereocenters. The van der Waals surface area contributed by atoms with Crippen LogP contribution in [0.2, 0.25) is 0 Å². The molecule has 3 aromatic rings. The minimum Gasteiger partial charge on any atom is -0.491 e. The maximum atomic E-state index is 12.2. The molecule has 0 atom stereocenters. The van der Waals surface area contributed by atoms with Gasteiger partial charge in [-0.3, -0.25) is 4.68 Å². The SMILES string of the molecule is CC(C)Oc1ccc(C2=N/C(=C\c3cnn(Cc4ccccc4)c3)C(=O)O2)cc1. The Morgan fingerprint density at radius 1 is 1.10 bits per heavy atom. The van der Waals surface area contributed by atoms with Crippen LogP contribution in [0.1, 0.15) is 30.5 Å². The summed E-state index contributed by atoms with van der Waals surface area (Å²) in [7, 11) is 0. The summed E-state index contributed by atoms with van der Waals surface area (Å²) in [6, 6.07) is 17.4. The number of cyclic esters (lactones) is 1. The predicted molar refractivity (Wildman–Crippen MR) is 111 cm³/mol. The number of aliphatic imine (C=N–C) groups is 1. The maximum absolute atomic E-state index is 12.2. The molecule has 2 aromatic carbocycles. The lowest BCUT2D eigenvalue weighted by molar-refractivity contribution is -0.129. The Hall–Kier alpha value is -3.67. The first-order valence-electron chi connectivity index (χ1n) is 9.43. The molecule has 0 spiro atoms. The highest BCUT2D eigenvalue weighted by atomic mass is 16.6. The fourth-order valence-corrected chi connectivity index (χ4v) is 2.95. The summed E-state index contributed by atoms with van der Waals surface area (Å²) in [4.78, 5) is 16.6. The largest absolute Gasteiger partial charge is 0.491 e. The molecular weight excluding hydrogens is 366 g/mol. The Balaban J connectivity index is 1.49. The average molecular weight is 387 g/mol. The molecule has 0 fully saturated rings. The van der Waals surface area contributed by atoms with Gasteiger partial charge in [-0.2, -0.15) is 5.10 Å². The second-order valence-electron chi connectivity index (χ2n) is 6.98. The second-order valence-corrected chi connectivity index (χ2v) is 6.98. The van der Waals surface area contributed by atoms with Crippen molar-refractivity contribution < 1.29 is 14.3 Å². The zero-order chi connectivity index (χ0) is 20.2. The summed E-state index contributed by atoms with van der Waals surface area (Å²) in [6.45, 7) is 4.60. The molecule has 146 valence electrons. The number of carbonyl (C=O) groups is 1. The normalized spacial score (nSPS) is 14.9. The van der Waals surface area contributed by atoms with E-state index in [0.717, 1.165) is 22.4 Å². The van der Waals surface area contributed by atoms with E-state index < -0.39 is 5.97 Å². The lowest BCUT2D eigenvalue weighted by atomic mass is 10.2. The average Bonchev–Trinajstić information content (AvgIpc) is 3.29. The lowest BCUT2D eigenvalue weighted by Gasteiger charge is -2.09. The van der Waals surface area contributed by atoms with E-state index in [1.807, 2.05) is 79.3 Å². The highest BCUT2D eigenvalue weighted by Crippen LogP contribution is 2.21. The van der Waals surface area contributed by atoms with Crippen LogP contribution in [0.4, 0.5) is 0 Å². The Bertz CT molecular complexity index is 1060. The molecular formula is C23H21N3O3.